The second kappa shape index (κ2) is 9.20. The molecule has 8 heteroatoms. The van der Waals surface area contributed by atoms with E-state index in [1.165, 1.54) is 23.5 Å². The molecule has 0 N–H and O–H groups in total. The van der Waals surface area contributed by atoms with E-state index >= 15 is 0 Å². The number of benzene rings is 2. The SMILES string of the molecule is COC(=O)c1ccc(N(CCCc2cccc(Cl)c2Cl)S(=O)[O-])cc1. The molecule has 0 aromatic heterocycles. The van der Waals surface area contributed by atoms with Crippen molar-refractivity contribution in [2.24, 2.45) is 0 Å². The summed E-state index contributed by atoms with van der Waals surface area (Å²) in [6.07, 6.45) is 1.15. The maximum atomic E-state index is 11.5. The molecule has 0 aliphatic heterocycles. The molecule has 1 atom stereocenters. The Bertz CT molecular complexity index is 768. The van der Waals surface area contributed by atoms with Crippen LogP contribution in [-0.4, -0.2) is 28.4 Å². The summed E-state index contributed by atoms with van der Waals surface area (Å²) in [6.45, 7) is 0.274. The van der Waals surface area contributed by atoms with E-state index in [9.17, 15) is 13.6 Å². The highest BCUT2D eigenvalue weighted by Gasteiger charge is 2.11. The summed E-state index contributed by atoms with van der Waals surface area (Å²) in [5, 5.41) is 0.961. The molecule has 0 amide bonds. The Hall–Kier alpha value is -1.60. The molecular formula is C17H16Cl2NO4S-. The Balaban J connectivity index is 2.05. The van der Waals surface area contributed by atoms with Crippen LogP contribution in [0.15, 0.2) is 42.5 Å². The first-order valence-electron chi connectivity index (χ1n) is 7.42. The van der Waals surface area contributed by atoms with Gasteiger partial charge in [-0.05, 0) is 48.7 Å². The van der Waals surface area contributed by atoms with Gasteiger partial charge < -0.3 is 13.6 Å². The largest absolute Gasteiger partial charge is 0.755 e. The van der Waals surface area contributed by atoms with E-state index in [2.05, 4.69) is 4.74 Å². The molecule has 0 radical (unpaired) electrons. The number of anilines is 1. The minimum atomic E-state index is -2.43. The number of carbonyl (C=O) groups is 1. The Kier molecular flexibility index (Phi) is 7.25. The summed E-state index contributed by atoms with van der Waals surface area (Å²) in [4.78, 5) is 11.4. The van der Waals surface area contributed by atoms with E-state index in [-0.39, 0.29) is 6.54 Å². The van der Waals surface area contributed by atoms with E-state index in [1.807, 2.05) is 6.07 Å². The molecule has 0 saturated heterocycles. The molecule has 134 valence electrons. The molecule has 2 aromatic rings. The predicted octanol–water partition coefficient (Wildman–Crippen LogP) is 4.01. The molecule has 5 nitrogen and oxygen atoms in total. The van der Waals surface area contributed by atoms with E-state index in [1.54, 1.807) is 24.3 Å². The van der Waals surface area contributed by atoms with Crippen LogP contribution in [0.3, 0.4) is 0 Å². The minimum Gasteiger partial charge on any atom is -0.755 e. The highest BCUT2D eigenvalue weighted by molar-refractivity contribution is 7.80. The molecule has 0 fully saturated rings. The zero-order valence-corrected chi connectivity index (χ0v) is 15.7. The van der Waals surface area contributed by atoms with Gasteiger partial charge in [-0.15, -0.1) is 0 Å². The van der Waals surface area contributed by atoms with Crippen LogP contribution in [0.1, 0.15) is 22.3 Å². The first-order valence-corrected chi connectivity index (χ1v) is 9.21. The van der Waals surface area contributed by atoms with Crippen LogP contribution in [0.2, 0.25) is 10.0 Å². The summed E-state index contributed by atoms with van der Waals surface area (Å²) < 4.78 is 28.9. The number of esters is 1. The average Bonchev–Trinajstić information content (AvgIpc) is 2.61. The number of rotatable bonds is 7. The molecule has 2 aromatic carbocycles. The third-order valence-electron chi connectivity index (χ3n) is 3.60. The lowest BCUT2D eigenvalue weighted by molar-refractivity contribution is 0.0601. The van der Waals surface area contributed by atoms with Crippen molar-refractivity contribution in [2.45, 2.75) is 12.8 Å². The highest BCUT2D eigenvalue weighted by Crippen LogP contribution is 2.26. The Labute approximate surface area is 158 Å². The zero-order chi connectivity index (χ0) is 18.4. The molecule has 1 unspecified atom stereocenters. The van der Waals surface area contributed by atoms with Crippen molar-refractivity contribution < 1.29 is 18.3 Å². The van der Waals surface area contributed by atoms with Crippen molar-refractivity contribution >= 4 is 46.1 Å². The number of methoxy groups -OCH3 is 1. The number of hydrogen-bond acceptors (Lipinski definition) is 4. The van der Waals surface area contributed by atoms with Gasteiger partial charge in [-0.25, -0.2) is 4.79 Å². The Morgan fingerprint density at radius 1 is 1.20 bits per heavy atom. The van der Waals surface area contributed by atoms with Crippen LogP contribution in [0, 0.1) is 0 Å². The molecule has 0 heterocycles. The fraction of sp³-hybridized carbons (Fsp3) is 0.235. The van der Waals surface area contributed by atoms with Gasteiger partial charge in [-0.3, -0.25) is 4.21 Å². The van der Waals surface area contributed by atoms with E-state index in [0.29, 0.717) is 34.1 Å². The molecule has 0 aliphatic rings. The van der Waals surface area contributed by atoms with Crippen molar-refractivity contribution in [1.82, 2.24) is 0 Å². The summed E-state index contributed by atoms with van der Waals surface area (Å²) in [5.41, 5.74) is 1.69. The lowest BCUT2D eigenvalue weighted by Gasteiger charge is -2.26. The number of aryl methyl sites for hydroxylation is 1. The van der Waals surface area contributed by atoms with E-state index < -0.39 is 17.2 Å². The van der Waals surface area contributed by atoms with E-state index in [4.69, 9.17) is 23.2 Å². The molecule has 25 heavy (non-hydrogen) atoms. The van der Waals surface area contributed by atoms with Crippen molar-refractivity contribution in [1.29, 1.82) is 0 Å². The molecule has 0 saturated carbocycles. The van der Waals surface area contributed by atoms with Gasteiger partial charge in [0.05, 0.1) is 22.7 Å². The molecule has 0 bridgehead atoms. The normalized spacial score (nSPS) is 11.8. The van der Waals surface area contributed by atoms with Gasteiger partial charge >= 0.3 is 5.97 Å². The highest BCUT2D eigenvalue weighted by atomic mass is 35.5. The number of halogens is 2. The molecule has 2 rings (SSSR count). The number of nitrogens with zero attached hydrogens (tertiary/aromatic N) is 1. The average molecular weight is 401 g/mol. The van der Waals surface area contributed by atoms with Gasteiger partial charge in [0.2, 0.25) is 0 Å². The maximum Gasteiger partial charge on any atom is 0.337 e. The topological polar surface area (TPSA) is 69.7 Å². The standard InChI is InChI=1S/C17H17Cl2NO4S/c1-24-17(21)13-7-9-14(10-8-13)20(25(22)23)11-3-5-12-4-2-6-15(18)16(12)19/h2,4,6-10H,3,5,11H2,1H3,(H,22,23)/p-1. The first-order chi connectivity index (χ1) is 11.9. The number of carbonyl (C=O) groups excluding carboxylic acids is 1. The summed E-state index contributed by atoms with van der Waals surface area (Å²) in [5.74, 6) is -0.475. The smallest absolute Gasteiger partial charge is 0.337 e. The Morgan fingerprint density at radius 3 is 2.48 bits per heavy atom. The quantitative estimate of drug-likeness (QED) is 0.519. The van der Waals surface area contributed by atoms with Crippen molar-refractivity contribution in [3.8, 4) is 0 Å². The van der Waals surface area contributed by atoms with Crippen LogP contribution in [0.5, 0.6) is 0 Å². The predicted molar refractivity (Wildman–Crippen MR) is 98.8 cm³/mol. The molecular weight excluding hydrogens is 385 g/mol. The van der Waals surface area contributed by atoms with Crippen LogP contribution in [-0.2, 0) is 22.4 Å². The third-order valence-corrected chi connectivity index (χ3v) is 5.21. The van der Waals surface area contributed by atoms with Crippen LogP contribution in [0.25, 0.3) is 0 Å². The van der Waals surface area contributed by atoms with Crippen LogP contribution >= 0.6 is 23.2 Å². The first kappa shape index (κ1) is 19.7. The second-order valence-electron chi connectivity index (χ2n) is 5.17. The second-order valence-corrected chi connectivity index (χ2v) is 6.83. The van der Waals surface area contributed by atoms with Gasteiger partial charge in [-0.2, -0.15) is 0 Å². The fourth-order valence-corrected chi connectivity index (χ4v) is 3.31. The van der Waals surface area contributed by atoms with E-state index in [0.717, 1.165) is 5.56 Å². The fourth-order valence-electron chi connectivity index (χ4n) is 2.33. The zero-order valence-electron chi connectivity index (χ0n) is 13.4. The Morgan fingerprint density at radius 2 is 1.88 bits per heavy atom. The van der Waals surface area contributed by atoms with Gasteiger partial charge in [0, 0.05) is 23.5 Å². The lowest BCUT2D eigenvalue weighted by atomic mass is 10.1. The van der Waals surface area contributed by atoms with Crippen LogP contribution in [0.4, 0.5) is 5.69 Å². The van der Waals surface area contributed by atoms with Crippen molar-refractivity contribution in [3.05, 3.63) is 63.6 Å². The maximum absolute atomic E-state index is 11.5. The molecule has 0 spiro atoms. The minimum absolute atomic E-state index is 0.274. The summed E-state index contributed by atoms with van der Waals surface area (Å²) in [7, 11) is 1.29. The number of ether oxygens (including phenoxy) is 1. The monoisotopic (exact) mass is 400 g/mol. The lowest BCUT2D eigenvalue weighted by Crippen LogP contribution is -2.27. The van der Waals surface area contributed by atoms with Crippen molar-refractivity contribution in [2.75, 3.05) is 18.0 Å². The summed E-state index contributed by atoms with van der Waals surface area (Å²) in [6, 6.07) is 11.5. The third kappa shape index (κ3) is 5.19. The van der Waals surface area contributed by atoms with Gasteiger partial charge in [0.15, 0.2) is 0 Å². The number of hydrogen-bond donors (Lipinski definition) is 0. The van der Waals surface area contributed by atoms with Gasteiger partial charge in [0.1, 0.15) is 0 Å². The van der Waals surface area contributed by atoms with Gasteiger partial charge in [0.25, 0.3) is 0 Å². The van der Waals surface area contributed by atoms with Crippen LogP contribution < -0.4 is 4.31 Å². The molecule has 0 aliphatic carbocycles. The summed E-state index contributed by atoms with van der Waals surface area (Å²) >= 11 is 9.68. The van der Waals surface area contributed by atoms with Gasteiger partial charge in [-0.1, -0.05) is 35.3 Å². The van der Waals surface area contributed by atoms with Crippen molar-refractivity contribution in [3.63, 3.8) is 0 Å².